The van der Waals surface area contributed by atoms with Gasteiger partial charge in [0.05, 0.1) is 36.1 Å². The van der Waals surface area contributed by atoms with Crippen LogP contribution < -0.4 is 0 Å². The number of halogens is 3. The number of carbonyl (C=O) groups is 2. The average Bonchev–Trinajstić information content (AvgIpc) is 2.59. The molecule has 25 heavy (non-hydrogen) atoms. The highest BCUT2D eigenvalue weighted by Gasteiger charge is 2.31. The minimum absolute atomic E-state index is 0.0404. The predicted molar refractivity (Wildman–Crippen MR) is 78.8 cm³/mol. The molecular weight excluding hydrogens is 339 g/mol. The van der Waals surface area contributed by atoms with Crippen LogP contribution >= 0.6 is 0 Å². The van der Waals surface area contributed by atoms with E-state index in [1.54, 1.807) is 0 Å². The van der Waals surface area contributed by atoms with E-state index < -0.39 is 30.2 Å². The maximum Gasteiger partial charge on any atom is 0.416 e. The van der Waals surface area contributed by atoms with Crippen molar-refractivity contribution >= 4 is 11.9 Å². The first-order valence-electron chi connectivity index (χ1n) is 7.15. The number of carbonyl (C=O) groups excluding carboxylic acids is 2. The van der Waals surface area contributed by atoms with E-state index in [0.717, 1.165) is 18.2 Å². The van der Waals surface area contributed by atoms with Gasteiger partial charge < -0.3 is 9.64 Å². The largest absolute Gasteiger partial charge is 0.452 e. The van der Waals surface area contributed by atoms with Gasteiger partial charge in [0.25, 0.3) is 5.91 Å². The zero-order valence-corrected chi connectivity index (χ0v) is 13.0. The van der Waals surface area contributed by atoms with Gasteiger partial charge in [-0.1, -0.05) is 6.07 Å². The lowest BCUT2D eigenvalue weighted by Gasteiger charge is -2.20. The van der Waals surface area contributed by atoms with E-state index in [0.29, 0.717) is 6.07 Å². The number of esters is 1. The summed E-state index contributed by atoms with van der Waals surface area (Å²) in [4.78, 5) is 25.0. The molecule has 132 valence electrons. The monoisotopic (exact) mass is 353 g/mol. The molecule has 0 aromatic heterocycles. The first-order valence-corrected chi connectivity index (χ1v) is 7.15. The summed E-state index contributed by atoms with van der Waals surface area (Å²) >= 11 is 0. The molecule has 1 aromatic carbocycles. The molecule has 0 unspecified atom stereocenters. The smallest absolute Gasteiger partial charge is 0.416 e. The van der Waals surface area contributed by atoms with Gasteiger partial charge >= 0.3 is 12.1 Å². The molecule has 0 saturated heterocycles. The normalized spacial score (nSPS) is 10.4. The Bertz CT molecular complexity index is 687. The summed E-state index contributed by atoms with van der Waals surface area (Å²) in [6, 6.07) is 7.35. The first-order chi connectivity index (χ1) is 11.8. The molecule has 0 fully saturated rings. The molecule has 9 heteroatoms. The highest BCUT2D eigenvalue weighted by Crippen LogP contribution is 2.29. The second-order valence-corrected chi connectivity index (χ2v) is 4.85. The Morgan fingerprint density at radius 3 is 2.24 bits per heavy atom. The number of alkyl halides is 3. The fourth-order valence-electron chi connectivity index (χ4n) is 1.86. The van der Waals surface area contributed by atoms with Crippen molar-refractivity contribution in [2.24, 2.45) is 0 Å². The van der Waals surface area contributed by atoms with Crippen molar-refractivity contribution < 1.29 is 27.5 Å². The van der Waals surface area contributed by atoms with E-state index in [-0.39, 0.29) is 31.5 Å². The molecule has 0 aliphatic heterocycles. The summed E-state index contributed by atoms with van der Waals surface area (Å²) in [5.41, 5.74) is -1.33. The van der Waals surface area contributed by atoms with E-state index in [4.69, 9.17) is 15.3 Å². The molecule has 0 heterocycles. The summed E-state index contributed by atoms with van der Waals surface area (Å²) in [5, 5.41) is 17.1. The molecule has 0 bridgehead atoms. The van der Waals surface area contributed by atoms with Gasteiger partial charge in [-0.05, 0) is 18.2 Å². The van der Waals surface area contributed by atoms with Crippen molar-refractivity contribution in [3.05, 3.63) is 35.4 Å². The summed E-state index contributed by atoms with van der Waals surface area (Å²) in [5.74, 6) is -1.70. The van der Waals surface area contributed by atoms with E-state index in [1.165, 1.54) is 4.90 Å². The van der Waals surface area contributed by atoms with Crippen molar-refractivity contribution in [3.8, 4) is 12.1 Å². The number of amides is 1. The van der Waals surface area contributed by atoms with Gasteiger partial charge in [0.2, 0.25) is 0 Å². The van der Waals surface area contributed by atoms with Crippen LogP contribution in [-0.4, -0.2) is 36.5 Å². The number of rotatable bonds is 7. The van der Waals surface area contributed by atoms with E-state index in [9.17, 15) is 22.8 Å². The van der Waals surface area contributed by atoms with E-state index in [1.807, 2.05) is 12.1 Å². The molecule has 1 amide bonds. The third-order valence-corrected chi connectivity index (χ3v) is 3.09. The Morgan fingerprint density at radius 2 is 1.72 bits per heavy atom. The molecule has 1 rings (SSSR count). The van der Waals surface area contributed by atoms with Gasteiger partial charge in [0.15, 0.2) is 6.61 Å². The molecule has 0 spiro atoms. The van der Waals surface area contributed by atoms with E-state index in [2.05, 4.69) is 0 Å². The number of ether oxygens (including phenoxy) is 1. The van der Waals surface area contributed by atoms with Crippen molar-refractivity contribution in [2.45, 2.75) is 19.0 Å². The Morgan fingerprint density at radius 1 is 1.12 bits per heavy atom. The van der Waals surface area contributed by atoms with Crippen molar-refractivity contribution in [2.75, 3.05) is 19.7 Å². The number of nitriles is 2. The van der Waals surface area contributed by atoms with Crippen LogP contribution in [0.15, 0.2) is 24.3 Å². The maximum atomic E-state index is 12.6. The minimum Gasteiger partial charge on any atom is -0.452 e. The zero-order chi connectivity index (χ0) is 18.9. The number of benzene rings is 1. The van der Waals surface area contributed by atoms with Gasteiger partial charge in [-0.2, -0.15) is 23.7 Å². The lowest BCUT2D eigenvalue weighted by atomic mass is 10.1. The summed E-state index contributed by atoms with van der Waals surface area (Å²) in [6.07, 6.45) is -4.52. The molecule has 0 atom stereocenters. The minimum atomic E-state index is -4.60. The van der Waals surface area contributed by atoms with Crippen LogP contribution in [0.3, 0.4) is 0 Å². The van der Waals surface area contributed by atoms with Crippen LogP contribution in [0.1, 0.15) is 28.8 Å². The first kappa shape index (κ1) is 20.0. The SMILES string of the molecule is N#CCCN(CCC#N)C(=O)COC(=O)c1cccc(C(F)(F)F)c1. The predicted octanol–water partition coefficient (Wildman–Crippen LogP) is 2.52. The second kappa shape index (κ2) is 9.28. The van der Waals surface area contributed by atoms with Gasteiger partial charge in [-0.3, -0.25) is 4.79 Å². The number of hydrogen-bond acceptors (Lipinski definition) is 5. The molecule has 1 aromatic rings. The third-order valence-electron chi connectivity index (χ3n) is 3.09. The van der Waals surface area contributed by atoms with Crippen molar-refractivity contribution in [1.29, 1.82) is 10.5 Å². The Hall–Kier alpha value is -3.07. The zero-order valence-electron chi connectivity index (χ0n) is 13.0. The number of hydrogen-bond donors (Lipinski definition) is 0. The third kappa shape index (κ3) is 6.51. The molecule has 0 aliphatic rings. The van der Waals surface area contributed by atoms with Crippen LogP contribution in [0.5, 0.6) is 0 Å². The molecular formula is C16H14F3N3O3. The van der Waals surface area contributed by atoms with Crippen LogP contribution in [0, 0.1) is 22.7 Å². The summed E-state index contributed by atoms with van der Waals surface area (Å²) < 4.78 is 42.6. The summed E-state index contributed by atoms with van der Waals surface area (Å²) in [7, 11) is 0. The maximum absolute atomic E-state index is 12.6. The quantitative estimate of drug-likeness (QED) is 0.702. The van der Waals surface area contributed by atoms with Gasteiger partial charge in [-0.15, -0.1) is 0 Å². The lowest BCUT2D eigenvalue weighted by molar-refractivity contribution is -0.137. The van der Waals surface area contributed by atoms with Gasteiger partial charge in [-0.25, -0.2) is 4.79 Å². The van der Waals surface area contributed by atoms with Crippen LogP contribution in [0.2, 0.25) is 0 Å². The highest BCUT2D eigenvalue weighted by molar-refractivity contribution is 5.91. The fourth-order valence-corrected chi connectivity index (χ4v) is 1.86. The molecule has 0 saturated carbocycles. The van der Waals surface area contributed by atoms with Crippen LogP contribution in [0.4, 0.5) is 13.2 Å². The Balaban J connectivity index is 2.69. The van der Waals surface area contributed by atoms with Gasteiger partial charge in [0.1, 0.15) is 0 Å². The van der Waals surface area contributed by atoms with E-state index >= 15 is 0 Å². The van der Waals surface area contributed by atoms with Gasteiger partial charge in [0, 0.05) is 13.1 Å². The number of nitrogens with zero attached hydrogens (tertiary/aromatic N) is 3. The molecule has 0 radical (unpaired) electrons. The highest BCUT2D eigenvalue weighted by atomic mass is 19.4. The average molecular weight is 353 g/mol. The Kier molecular flexibility index (Phi) is 7.42. The van der Waals surface area contributed by atoms with Crippen LogP contribution in [-0.2, 0) is 15.7 Å². The lowest BCUT2D eigenvalue weighted by Crippen LogP contribution is -2.36. The van der Waals surface area contributed by atoms with Crippen molar-refractivity contribution in [1.82, 2.24) is 4.90 Å². The standard InChI is InChI=1S/C16H14F3N3O3/c17-16(18,19)13-5-1-4-12(10-13)15(24)25-11-14(23)22(8-2-6-20)9-3-7-21/h1,4-5,10H,2-3,8-9,11H2. The van der Waals surface area contributed by atoms with Crippen molar-refractivity contribution in [3.63, 3.8) is 0 Å². The topological polar surface area (TPSA) is 94.2 Å². The summed E-state index contributed by atoms with van der Waals surface area (Å²) in [6.45, 7) is -0.553. The van der Waals surface area contributed by atoms with Crippen LogP contribution in [0.25, 0.3) is 0 Å². The molecule has 0 N–H and O–H groups in total. The molecule has 6 nitrogen and oxygen atoms in total. The Labute approximate surface area is 142 Å². The second-order valence-electron chi connectivity index (χ2n) is 4.85. The fraction of sp³-hybridized carbons (Fsp3) is 0.375. The molecule has 0 aliphatic carbocycles.